The van der Waals surface area contributed by atoms with Crippen LogP contribution in [0.2, 0.25) is 5.02 Å². The lowest BCUT2D eigenvalue weighted by Crippen LogP contribution is -2.21. The Bertz CT molecular complexity index is 873. The molecule has 0 aliphatic carbocycles. The maximum Gasteiger partial charge on any atom is 0.338 e. The Balaban J connectivity index is 1.93. The number of ether oxygens (including phenoxy) is 1. The van der Waals surface area contributed by atoms with Gasteiger partial charge in [-0.3, -0.25) is 14.9 Å². The van der Waals surface area contributed by atoms with Gasteiger partial charge in [0.05, 0.1) is 21.2 Å². The van der Waals surface area contributed by atoms with Gasteiger partial charge in [0.25, 0.3) is 11.6 Å². The Morgan fingerprint density at radius 1 is 1.15 bits per heavy atom. The van der Waals surface area contributed by atoms with Crippen molar-refractivity contribution in [3.05, 3.63) is 68.7 Å². The van der Waals surface area contributed by atoms with Crippen LogP contribution in [0.1, 0.15) is 36.7 Å². The Hall–Kier alpha value is -2.93. The molecule has 7 nitrogen and oxygen atoms in total. The van der Waals surface area contributed by atoms with E-state index in [1.54, 1.807) is 12.1 Å². The van der Waals surface area contributed by atoms with E-state index in [1.807, 2.05) is 12.1 Å². The van der Waals surface area contributed by atoms with Crippen LogP contribution in [-0.2, 0) is 14.9 Å². The number of nitrogens with zero attached hydrogens (tertiary/aromatic N) is 1. The molecule has 27 heavy (non-hydrogen) atoms. The van der Waals surface area contributed by atoms with Crippen LogP contribution in [0.4, 0.5) is 11.4 Å². The van der Waals surface area contributed by atoms with Gasteiger partial charge in [-0.25, -0.2) is 4.79 Å². The summed E-state index contributed by atoms with van der Waals surface area (Å²) in [4.78, 5) is 34.1. The summed E-state index contributed by atoms with van der Waals surface area (Å²) in [6.45, 7) is 5.68. The molecule has 0 aliphatic heterocycles. The largest absolute Gasteiger partial charge is 0.452 e. The number of benzene rings is 2. The average molecular weight is 391 g/mol. The van der Waals surface area contributed by atoms with E-state index in [4.69, 9.17) is 16.3 Å². The van der Waals surface area contributed by atoms with Crippen LogP contribution in [0.25, 0.3) is 0 Å². The molecular formula is C19H19ClN2O5. The van der Waals surface area contributed by atoms with Crippen molar-refractivity contribution in [2.24, 2.45) is 0 Å². The van der Waals surface area contributed by atoms with Gasteiger partial charge in [-0.05, 0) is 29.2 Å². The number of hydrogen-bond donors (Lipinski definition) is 1. The van der Waals surface area contributed by atoms with Crippen molar-refractivity contribution in [2.45, 2.75) is 26.2 Å². The number of esters is 1. The van der Waals surface area contributed by atoms with Crippen molar-refractivity contribution in [3.8, 4) is 0 Å². The van der Waals surface area contributed by atoms with Gasteiger partial charge in [0, 0.05) is 12.1 Å². The Labute approximate surface area is 161 Å². The van der Waals surface area contributed by atoms with E-state index in [0.29, 0.717) is 5.56 Å². The summed E-state index contributed by atoms with van der Waals surface area (Å²) in [5.41, 5.74) is 1.38. The Morgan fingerprint density at radius 2 is 1.78 bits per heavy atom. The highest BCUT2D eigenvalue weighted by Crippen LogP contribution is 2.26. The van der Waals surface area contributed by atoms with Gasteiger partial charge in [-0.15, -0.1) is 0 Å². The number of halogens is 1. The molecule has 1 N–H and O–H groups in total. The van der Waals surface area contributed by atoms with Crippen LogP contribution in [0, 0.1) is 10.1 Å². The zero-order chi connectivity index (χ0) is 20.2. The maximum absolute atomic E-state index is 12.0. The van der Waals surface area contributed by atoms with Gasteiger partial charge < -0.3 is 10.1 Å². The number of carbonyl (C=O) groups is 2. The van der Waals surface area contributed by atoms with Gasteiger partial charge in [0.15, 0.2) is 6.61 Å². The molecule has 0 atom stereocenters. The summed E-state index contributed by atoms with van der Waals surface area (Å²) in [5, 5.41) is 13.1. The summed E-state index contributed by atoms with van der Waals surface area (Å²) in [7, 11) is 0. The highest BCUT2D eigenvalue weighted by Gasteiger charge is 2.16. The molecule has 2 aromatic rings. The zero-order valence-corrected chi connectivity index (χ0v) is 15.9. The molecule has 0 unspecified atom stereocenters. The molecule has 0 radical (unpaired) electrons. The number of nitrogens with one attached hydrogen (secondary N) is 1. The molecular weight excluding hydrogens is 372 g/mol. The number of non-ortho nitro benzene ring substituents is 1. The second-order valence-electron chi connectivity index (χ2n) is 6.87. The fourth-order valence-corrected chi connectivity index (χ4v) is 2.45. The molecule has 1 amide bonds. The van der Waals surface area contributed by atoms with Gasteiger partial charge in [-0.1, -0.05) is 44.5 Å². The topological polar surface area (TPSA) is 98.5 Å². The standard InChI is InChI=1S/C19H19ClN2O5/c1-19(2,3)13-6-4-12(5-7-13)18(24)27-11-17(23)21-16-9-8-14(22(25)26)10-15(16)20/h4-10H,11H2,1-3H3,(H,21,23). The van der Waals surface area contributed by atoms with Gasteiger partial charge in [0.2, 0.25) is 0 Å². The zero-order valence-electron chi connectivity index (χ0n) is 15.1. The molecule has 2 aromatic carbocycles. The first kappa shape index (κ1) is 20.4. The number of nitro benzene ring substituents is 1. The third kappa shape index (κ3) is 5.52. The van der Waals surface area contributed by atoms with E-state index < -0.39 is 23.4 Å². The predicted octanol–water partition coefficient (Wildman–Crippen LogP) is 4.34. The van der Waals surface area contributed by atoms with E-state index in [-0.39, 0.29) is 21.8 Å². The smallest absolute Gasteiger partial charge is 0.338 e. The normalized spacial score (nSPS) is 11.0. The predicted molar refractivity (Wildman–Crippen MR) is 102 cm³/mol. The lowest BCUT2D eigenvalue weighted by Gasteiger charge is -2.18. The quantitative estimate of drug-likeness (QED) is 0.465. The van der Waals surface area contributed by atoms with Crippen molar-refractivity contribution in [2.75, 3.05) is 11.9 Å². The molecule has 0 aliphatic rings. The molecule has 0 aromatic heterocycles. The summed E-state index contributed by atoms with van der Waals surface area (Å²) in [5.74, 6) is -1.23. The first-order chi connectivity index (χ1) is 12.6. The van der Waals surface area contributed by atoms with Crippen LogP contribution in [-0.4, -0.2) is 23.4 Å². The molecule has 0 bridgehead atoms. The number of rotatable bonds is 5. The lowest BCUT2D eigenvalue weighted by molar-refractivity contribution is -0.384. The molecule has 0 fully saturated rings. The Kier molecular flexibility index (Phi) is 6.17. The van der Waals surface area contributed by atoms with Crippen molar-refractivity contribution >= 4 is 34.9 Å². The third-order valence-corrected chi connectivity index (χ3v) is 4.07. The van der Waals surface area contributed by atoms with Crippen LogP contribution in [0.5, 0.6) is 0 Å². The number of anilines is 1. The lowest BCUT2D eigenvalue weighted by atomic mass is 9.87. The maximum atomic E-state index is 12.0. The summed E-state index contributed by atoms with van der Waals surface area (Å²) in [6, 6.07) is 10.6. The molecule has 0 saturated carbocycles. The average Bonchev–Trinajstić information content (AvgIpc) is 2.60. The third-order valence-electron chi connectivity index (χ3n) is 3.76. The molecule has 0 heterocycles. The van der Waals surface area contributed by atoms with E-state index in [1.165, 1.54) is 12.1 Å². The minimum atomic E-state index is -0.625. The van der Waals surface area contributed by atoms with Crippen molar-refractivity contribution in [3.63, 3.8) is 0 Å². The minimum absolute atomic E-state index is 0.0154. The fourth-order valence-electron chi connectivity index (χ4n) is 2.23. The molecule has 0 saturated heterocycles. The van der Waals surface area contributed by atoms with E-state index in [0.717, 1.165) is 11.6 Å². The van der Waals surface area contributed by atoms with Crippen LogP contribution >= 0.6 is 11.6 Å². The monoisotopic (exact) mass is 390 g/mol. The van der Waals surface area contributed by atoms with E-state index in [9.17, 15) is 19.7 Å². The number of nitro groups is 1. The van der Waals surface area contributed by atoms with Crippen LogP contribution in [0.3, 0.4) is 0 Å². The summed E-state index contributed by atoms with van der Waals surface area (Å²) >= 11 is 5.90. The van der Waals surface area contributed by atoms with Crippen LogP contribution < -0.4 is 5.32 Å². The fraction of sp³-hybridized carbons (Fsp3) is 0.263. The minimum Gasteiger partial charge on any atom is -0.452 e. The second kappa shape index (κ2) is 8.18. The van der Waals surface area contributed by atoms with Crippen molar-refractivity contribution < 1.29 is 19.2 Å². The highest BCUT2D eigenvalue weighted by molar-refractivity contribution is 6.34. The number of hydrogen-bond acceptors (Lipinski definition) is 5. The van der Waals surface area contributed by atoms with Gasteiger partial charge in [0.1, 0.15) is 0 Å². The molecule has 8 heteroatoms. The van der Waals surface area contributed by atoms with Gasteiger partial charge in [-0.2, -0.15) is 0 Å². The van der Waals surface area contributed by atoms with E-state index in [2.05, 4.69) is 26.1 Å². The highest BCUT2D eigenvalue weighted by atomic mass is 35.5. The van der Waals surface area contributed by atoms with E-state index >= 15 is 0 Å². The number of carbonyl (C=O) groups excluding carboxylic acids is 2. The SMILES string of the molecule is CC(C)(C)c1ccc(C(=O)OCC(=O)Nc2ccc([N+](=O)[O-])cc2Cl)cc1. The molecule has 2 rings (SSSR count). The molecule has 142 valence electrons. The van der Waals surface area contributed by atoms with Crippen molar-refractivity contribution in [1.82, 2.24) is 0 Å². The number of amides is 1. The first-order valence-electron chi connectivity index (χ1n) is 8.09. The van der Waals surface area contributed by atoms with Crippen LogP contribution in [0.15, 0.2) is 42.5 Å². The molecule has 0 spiro atoms. The summed E-state index contributed by atoms with van der Waals surface area (Å²) < 4.78 is 4.99. The van der Waals surface area contributed by atoms with Gasteiger partial charge >= 0.3 is 5.97 Å². The first-order valence-corrected chi connectivity index (χ1v) is 8.47. The second-order valence-corrected chi connectivity index (χ2v) is 7.28. The van der Waals surface area contributed by atoms with Crippen molar-refractivity contribution in [1.29, 1.82) is 0 Å². The summed E-state index contributed by atoms with van der Waals surface area (Å²) in [6.07, 6.45) is 0. The Morgan fingerprint density at radius 3 is 2.30 bits per heavy atom.